The highest BCUT2D eigenvalue weighted by atomic mass is 35.5. The van der Waals surface area contributed by atoms with Crippen LogP contribution in [0.5, 0.6) is 11.5 Å². The summed E-state index contributed by atoms with van der Waals surface area (Å²) >= 11 is 5.46. The van der Waals surface area contributed by atoms with Crippen LogP contribution in [0, 0.1) is 5.92 Å². The molecule has 108 valence electrons. The summed E-state index contributed by atoms with van der Waals surface area (Å²) in [6.45, 7) is 7.71. The number of benzene rings is 1. The van der Waals surface area contributed by atoms with Gasteiger partial charge < -0.3 is 9.47 Å². The maximum Gasteiger partial charge on any atom is 0.123 e. The fourth-order valence-electron chi connectivity index (χ4n) is 1.76. The van der Waals surface area contributed by atoms with E-state index >= 15 is 0 Å². The van der Waals surface area contributed by atoms with Crippen molar-refractivity contribution in [3.8, 4) is 11.5 Å². The highest BCUT2D eigenvalue weighted by Crippen LogP contribution is 2.21. The maximum atomic E-state index is 5.81. The van der Waals surface area contributed by atoms with Crippen molar-refractivity contribution in [2.75, 3.05) is 13.2 Å². The second-order valence-corrected chi connectivity index (χ2v) is 5.00. The Morgan fingerprint density at radius 3 is 2.53 bits per heavy atom. The molecule has 3 nitrogen and oxygen atoms in total. The summed E-state index contributed by atoms with van der Waals surface area (Å²) in [4.78, 5) is 2.57. The van der Waals surface area contributed by atoms with E-state index in [1.807, 2.05) is 31.2 Å². The molecule has 0 aliphatic rings. The normalized spacial score (nSPS) is 12.5. The minimum atomic E-state index is 0.0202. The summed E-state index contributed by atoms with van der Waals surface area (Å²) < 4.78 is 11.5. The van der Waals surface area contributed by atoms with Crippen LogP contribution >= 0.6 is 11.8 Å². The van der Waals surface area contributed by atoms with Gasteiger partial charge in [0, 0.05) is 12.6 Å². The van der Waals surface area contributed by atoms with Gasteiger partial charge in [0.05, 0.1) is 6.61 Å². The Bertz CT molecular complexity index is 356. The minimum absolute atomic E-state index is 0.0202. The first-order chi connectivity index (χ1) is 9.19. The Balaban J connectivity index is 2.51. The Labute approximate surface area is 121 Å². The maximum absolute atomic E-state index is 5.81. The third-order valence-electron chi connectivity index (χ3n) is 3.15. The molecular formula is C15H24ClNO2. The van der Waals surface area contributed by atoms with E-state index < -0.39 is 0 Å². The van der Waals surface area contributed by atoms with Crippen LogP contribution in [0.2, 0.25) is 0 Å². The molecule has 1 rings (SSSR count). The van der Waals surface area contributed by atoms with Crippen molar-refractivity contribution in [1.29, 1.82) is 0 Å². The van der Waals surface area contributed by atoms with Gasteiger partial charge in [-0.2, -0.15) is 0 Å². The largest absolute Gasteiger partial charge is 0.493 e. The van der Waals surface area contributed by atoms with Gasteiger partial charge in [0.15, 0.2) is 0 Å². The van der Waals surface area contributed by atoms with Crippen LogP contribution in [0.1, 0.15) is 33.6 Å². The lowest BCUT2D eigenvalue weighted by Crippen LogP contribution is -2.23. The van der Waals surface area contributed by atoms with Crippen LogP contribution in [0.25, 0.3) is 0 Å². The summed E-state index contributed by atoms with van der Waals surface area (Å²) in [7, 11) is 0. The van der Waals surface area contributed by atoms with E-state index in [9.17, 15) is 0 Å². The van der Waals surface area contributed by atoms with E-state index in [4.69, 9.17) is 21.3 Å². The van der Waals surface area contributed by atoms with Crippen molar-refractivity contribution in [3.05, 3.63) is 24.3 Å². The van der Waals surface area contributed by atoms with Crippen LogP contribution in [0.3, 0.4) is 0 Å². The lowest BCUT2D eigenvalue weighted by atomic mass is 10.1. The van der Waals surface area contributed by atoms with E-state index in [0.29, 0.717) is 12.5 Å². The second-order valence-electron chi connectivity index (χ2n) is 4.73. The number of rotatable bonds is 9. The molecule has 0 bridgehead atoms. The average Bonchev–Trinajstić information content (AvgIpc) is 2.40. The Hall–Kier alpha value is -0.930. The zero-order valence-electron chi connectivity index (χ0n) is 12.0. The van der Waals surface area contributed by atoms with Crippen LogP contribution in [0.15, 0.2) is 24.3 Å². The predicted molar refractivity (Wildman–Crippen MR) is 80.0 cm³/mol. The molecule has 1 aromatic rings. The van der Waals surface area contributed by atoms with E-state index in [1.54, 1.807) is 0 Å². The molecule has 1 N–H and O–H groups in total. The van der Waals surface area contributed by atoms with Crippen LogP contribution in [-0.4, -0.2) is 19.3 Å². The van der Waals surface area contributed by atoms with Crippen molar-refractivity contribution >= 4 is 11.8 Å². The van der Waals surface area contributed by atoms with Gasteiger partial charge in [-0.15, -0.1) is 0 Å². The molecule has 0 heterocycles. The first-order valence-corrected chi connectivity index (χ1v) is 7.30. The molecule has 0 radical (unpaired) electrons. The fourth-order valence-corrected chi connectivity index (χ4v) is 1.98. The number of hydrogen-bond donors (Lipinski definition) is 1. The minimum Gasteiger partial charge on any atom is -0.493 e. The monoisotopic (exact) mass is 285 g/mol. The van der Waals surface area contributed by atoms with Crippen molar-refractivity contribution in [1.82, 2.24) is 4.84 Å². The van der Waals surface area contributed by atoms with Gasteiger partial charge >= 0.3 is 0 Å². The molecule has 0 aromatic heterocycles. The van der Waals surface area contributed by atoms with Crippen molar-refractivity contribution < 1.29 is 9.47 Å². The van der Waals surface area contributed by atoms with Crippen molar-refractivity contribution in [2.24, 2.45) is 5.92 Å². The molecule has 0 fully saturated rings. The van der Waals surface area contributed by atoms with Gasteiger partial charge in [-0.25, -0.2) is 4.84 Å². The molecule has 0 aliphatic carbocycles. The summed E-state index contributed by atoms with van der Waals surface area (Å²) in [5, 5.41) is 0. The summed E-state index contributed by atoms with van der Waals surface area (Å²) in [6.07, 6.45) is 2.31. The first kappa shape index (κ1) is 16.1. The predicted octanol–water partition coefficient (Wildman–Crippen LogP) is 4.01. The molecule has 0 saturated heterocycles. The van der Waals surface area contributed by atoms with Gasteiger partial charge in [-0.1, -0.05) is 32.8 Å². The van der Waals surface area contributed by atoms with E-state index in [2.05, 4.69) is 18.7 Å². The van der Waals surface area contributed by atoms with E-state index in [1.165, 1.54) is 0 Å². The zero-order chi connectivity index (χ0) is 14.1. The second kappa shape index (κ2) is 9.05. The van der Waals surface area contributed by atoms with Gasteiger partial charge in [0.1, 0.15) is 17.6 Å². The van der Waals surface area contributed by atoms with Crippen LogP contribution in [0.4, 0.5) is 0 Å². The number of ether oxygens (including phenoxy) is 2. The molecule has 1 aromatic carbocycles. The third-order valence-corrected chi connectivity index (χ3v) is 3.30. The SMILES string of the molecule is CCC(CC)COc1cccc(O[C@H](C)CNCl)c1. The van der Waals surface area contributed by atoms with Crippen molar-refractivity contribution in [2.45, 2.75) is 39.7 Å². The van der Waals surface area contributed by atoms with Gasteiger partial charge in [-0.3, -0.25) is 0 Å². The Kier molecular flexibility index (Phi) is 7.68. The quantitative estimate of drug-likeness (QED) is 0.695. The highest BCUT2D eigenvalue weighted by molar-refractivity contribution is 6.13. The van der Waals surface area contributed by atoms with Gasteiger partial charge in [-0.05, 0) is 36.8 Å². The fraction of sp³-hybridized carbons (Fsp3) is 0.600. The Morgan fingerprint density at radius 1 is 1.21 bits per heavy atom. The zero-order valence-corrected chi connectivity index (χ0v) is 12.7. The molecule has 4 heteroatoms. The number of hydrogen-bond acceptors (Lipinski definition) is 3. The van der Waals surface area contributed by atoms with Crippen LogP contribution in [-0.2, 0) is 0 Å². The van der Waals surface area contributed by atoms with Crippen molar-refractivity contribution in [3.63, 3.8) is 0 Å². The Morgan fingerprint density at radius 2 is 1.89 bits per heavy atom. The van der Waals surface area contributed by atoms with Gasteiger partial charge in [0.2, 0.25) is 0 Å². The first-order valence-electron chi connectivity index (χ1n) is 6.92. The third kappa shape index (κ3) is 6.17. The van der Waals surface area contributed by atoms with E-state index in [-0.39, 0.29) is 6.10 Å². The smallest absolute Gasteiger partial charge is 0.123 e. The number of halogens is 1. The molecule has 0 spiro atoms. The van der Waals surface area contributed by atoms with Crippen LogP contribution < -0.4 is 14.3 Å². The lowest BCUT2D eigenvalue weighted by Gasteiger charge is -2.16. The average molecular weight is 286 g/mol. The topological polar surface area (TPSA) is 30.5 Å². The molecule has 0 amide bonds. The molecule has 0 unspecified atom stereocenters. The molecule has 19 heavy (non-hydrogen) atoms. The highest BCUT2D eigenvalue weighted by Gasteiger charge is 2.07. The summed E-state index contributed by atoms with van der Waals surface area (Å²) in [6, 6.07) is 7.75. The molecular weight excluding hydrogens is 262 g/mol. The standard InChI is InChI=1S/C15H24ClNO2/c1-4-13(5-2)11-18-14-7-6-8-15(9-14)19-12(3)10-17-16/h6-9,12-13,17H,4-5,10-11H2,1-3H3/t12-/m1/s1. The lowest BCUT2D eigenvalue weighted by molar-refractivity contribution is 0.219. The van der Waals surface area contributed by atoms with Gasteiger partial charge in [0.25, 0.3) is 0 Å². The molecule has 1 atom stereocenters. The molecule has 0 aliphatic heterocycles. The molecule has 0 saturated carbocycles. The summed E-state index contributed by atoms with van der Waals surface area (Å²) in [5.41, 5.74) is 0. The summed E-state index contributed by atoms with van der Waals surface area (Å²) in [5.74, 6) is 2.28. The van der Waals surface area contributed by atoms with E-state index in [0.717, 1.165) is 30.9 Å². The number of nitrogens with one attached hydrogen (secondary N) is 1.